The monoisotopic (exact) mass is 259 g/mol. The van der Waals surface area contributed by atoms with Gasteiger partial charge in [0.1, 0.15) is 5.75 Å². The average molecular weight is 259 g/mol. The lowest BCUT2D eigenvalue weighted by Crippen LogP contribution is -2.21. The highest BCUT2D eigenvalue weighted by atomic mass is 16.5. The van der Waals surface area contributed by atoms with Crippen LogP contribution in [0.25, 0.3) is 0 Å². The first-order valence-electron chi connectivity index (χ1n) is 6.38. The highest BCUT2D eigenvalue weighted by Gasteiger charge is 2.18. The Kier molecular flexibility index (Phi) is 3.90. The zero-order valence-corrected chi connectivity index (χ0v) is 12.2. The molecule has 1 unspecified atom stereocenters. The van der Waals surface area contributed by atoms with Crippen LogP contribution in [0.1, 0.15) is 28.4 Å². The maximum atomic E-state index is 5.37. The summed E-state index contributed by atoms with van der Waals surface area (Å²) in [5.74, 6) is 0.932. The molecular weight excluding hydrogens is 238 g/mol. The summed E-state index contributed by atoms with van der Waals surface area (Å²) < 4.78 is 7.27. The quantitative estimate of drug-likeness (QED) is 0.916. The van der Waals surface area contributed by atoms with Crippen molar-refractivity contribution in [2.45, 2.75) is 19.9 Å². The Morgan fingerprint density at radius 3 is 2.53 bits per heavy atom. The molecule has 0 saturated heterocycles. The summed E-state index contributed by atoms with van der Waals surface area (Å²) in [6, 6.07) is 6.45. The van der Waals surface area contributed by atoms with Crippen LogP contribution in [-0.2, 0) is 7.05 Å². The summed E-state index contributed by atoms with van der Waals surface area (Å²) in [7, 11) is 5.64. The third-order valence-corrected chi connectivity index (χ3v) is 3.54. The molecule has 0 bridgehead atoms. The van der Waals surface area contributed by atoms with E-state index in [9.17, 15) is 0 Å². The predicted octanol–water partition coefficient (Wildman–Crippen LogP) is 2.35. The number of hydrogen-bond acceptors (Lipinski definition) is 3. The Balaban J connectivity index is 2.50. The highest BCUT2D eigenvalue weighted by Crippen LogP contribution is 2.29. The van der Waals surface area contributed by atoms with E-state index in [2.05, 4.69) is 36.4 Å². The molecule has 102 valence electrons. The maximum absolute atomic E-state index is 5.37. The predicted molar refractivity (Wildman–Crippen MR) is 76.6 cm³/mol. The molecule has 0 saturated carbocycles. The fraction of sp³-hybridized carbons (Fsp3) is 0.400. The van der Waals surface area contributed by atoms with E-state index in [1.54, 1.807) is 7.11 Å². The second-order valence-electron chi connectivity index (χ2n) is 4.78. The van der Waals surface area contributed by atoms with E-state index in [4.69, 9.17) is 4.74 Å². The van der Waals surface area contributed by atoms with Gasteiger partial charge >= 0.3 is 0 Å². The summed E-state index contributed by atoms with van der Waals surface area (Å²) >= 11 is 0. The summed E-state index contributed by atoms with van der Waals surface area (Å²) in [5.41, 5.74) is 4.76. The lowest BCUT2D eigenvalue weighted by molar-refractivity contribution is 0.411. The molecule has 1 heterocycles. The number of benzene rings is 1. The van der Waals surface area contributed by atoms with Crippen molar-refractivity contribution >= 4 is 0 Å². The van der Waals surface area contributed by atoms with Crippen LogP contribution in [0.15, 0.2) is 24.4 Å². The molecule has 19 heavy (non-hydrogen) atoms. The topological polar surface area (TPSA) is 39.1 Å². The van der Waals surface area contributed by atoms with Gasteiger partial charge in [0.2, 0.25) is 0 Å². The molecule has 4 nitrogen and oxygen atoms in total. The lowest BCUT2D eigenvalue weighted by atomic mass is 9.96. The number of rotatable bonds is 4. The first-order valence-corrected chi connectivity index (χ1v) is 6.38. The van der Waals surface area contributed by atoms with Crippen molar-refractivity contribution in [2.75, 3.05) is 14.2 Å². The molecule has 1 aromatic carbocycles. The largest absolute Gasteiger partial charge is 0.496 e. The van der Waals surface area contributed by atoms with Crippen LogP contribution >= 0.6 is 0 Å². The van der Waals surface area contributed by atoms with Gasteiger partial charge in [0.15, 0.2) is 0 Å². The van der Waals surface area contributed by atoms with Crippen LogP contribution in [0.4, 0.5) is 0 Å². The molecule has 0 fully saturated rings. The molecule has 1 N–H and O–H groups in total. The second kappa shape index (κ2) is 5.45. The van der Waals surface area contributed by atoms with Gasteiger partial charge in [-0.2, -0.15) is 5.10 Å². The molecule has 0 aliphatic heterocycles. The molecule has 1 atom stereocenters. The summed E-state index contributed by atoms with van der Waals surface area (Å²) in [4.78, 5) is 0. The minimum absolute atomic E-state index is 0.136. The molecule has 0 aliphatic carbocycles. The van der Waals surface area contributed by atoms with Gasteiger partial charge < -0.3 is 10.1 Å². The third-order valence-electron chi connectivity index (χ3n) is 3.54. The highest BCUT2D eigenvalue weighted by molar-refractivity contribution is 5.44. The van der Waals surface area contributed by atoms with Crippen LogP contribution in [0, 0.1) is 13.8 Å². The molecule has 2 aromatic rings. The van der Waals surface area contributed by atoms with Gasteiger partial charge in [-0.05, 0) is 49.7 Å². The van der Waals surface area contributed by atoms with Gasteiger partial charge in [0, 0.05) is 13.2 Å². The summed E-state index contributed by atoms with van der Waals surface area (Å²) in [6.45, 7) is 4.18. The number of methoxy groups -OCH3 is 1. The van der Waals surface area contributed by atoms with Crippen LogP contribution in [0.3, 0.4) is 0 Å². The minimum Gasteiger partial charge on any atom is -0.496 e. The normalized spacial score (nSPS) is 12.5. The van der Waals surface area contributed by atoms with Crippen molar-refractivity contribution < 1.29 is 4.74 Å². The van der Waals surface area contributed by atoms with Crippen molar-refractivity contribution in [1.82, 2.24) is 15.1 Å². The van der Waals surface area contributed by atoms with E-state index in [1.165, 1.54) is 11.1 Å². The van der Waals surface area contributed by atoms with Crippen LogP contribution in [-0.4, -0.2) is 23.9 Å². The minimum atomic E-state index is 0.136. The van der Waals surface area contributed by atoms with Gasteiger partial charge in [-0.25, -0.2) is 0 Å². The zero-order chi connectivity index (χ0) is 14.0. The van der Waals surface area contributed by atoms with E-state index in [0.29, 0.717) is 0 Å². The van der Waals surface area contributed by atoms with Crippen molar-refractivity contribution in [3.8, 4) is 5.75 Å². The lowest BCUT2D eigenvalue weighted by Gasteiger charge is -2.21. The van der Waals surface area contributed by atoms with Crippen molar-refractivity contribution in [1.29, 1.82) is 0 Å². The maximum Gasteiger partial charge on any atom is 0.122 e. The third kappa shape index (κ3) is 2.49. The standard InChI is InChI=1S/C15H21N3O/c1-10-9-14(19-5)11(2)8-12(10)15(16-3)13-6-7-17-18(13)4/h6-9,15-16H,1-5H3. The van der Waals surface area contributed by atoms with Gasteiger partial charge in [0.05, 0.1) is 18.8 Å². The fourth-order valence-electron chi connectivity index (χ4n) is 2.47. The SMILES string of the molecule is CNC(c1cc(C)c(OC)cc1C)c1ccnn1C. The Hall–Kier alpha value is -1.81. The van der Waals surface area contributed by atoms with Gasteiger partial charge in [-0.15, -0.1) is 0 Å². The van der Waals surface area contributed by atoms with E-state index >= 15 is 0 Å². The summed E-state index contributed by atoms with van der Waals surface area (Å²) in [6.07, 6.45) is 1.82. The zero-order valence-electron chi connectivity index (χ0n) is 12.2. The second-order valence-corrected chi connectivity index (χ2v) is 4.78. The number of hydrogen-bond donors (Lipinski definition) is 1. The average Bonchev–Trinajstić information content (AvgIpc) is 2.80. The Bertz CT molecular complexity index is 575. The molecule has 0 radical (unpaired) electrons. The first kappa shape index (κ1) is 13.6. The molecule has 0 aliphatic rings. The van der Waals surface area contributed by atoms with Crippen LogP contribution in [0.2, 0.25) is 0 Å². The number of nitrogens with zero attached hydrogens (tertiary/aromatic N) is 2. The molecular formula is C15H21N3O. The van der Waals surface area contributed by atoms with Crippen LogP contribution in [0.5, 0.6) is 5.75 Å². The molecule has 2 rings (SSSR count). The van der Waals surface area contributed by atoms with E-state index in [0.717, 1.165) is 17.0 Å². The van der Waals surface area contributed by atoms with Crippen molar-refractivity contribution in [3.05, 3.63) is 46.8 Å². The Labute approximate surface area is 114 Å². The number of nitrogens with one attached hydrogen (secondary N) is 1. The van der Waals surface area contributed by atoms with Gasteiger partial charge in [0.25, 0.3) is 0 Å². The molecule has 4 heteroatoms. The van der Waals surface area contributed by atoms with Crippen LogP contribution < -0.4 is 10.1 Å². The van der Waals surface area contributed by atoms with Crippen molar-refractivity contribution in [3.63, 3.8) is 0 Å². The number of aryl methyl sites for hydroxylation is 3. The van der Waals surface area contributed by atoms with E-state index in [1.807, 2.05) is 31.0 Å². The molecule has 0 spiro atoms. The van der Waals surface area contributed by atoms with E-state index < -0.39 is 0 Å². The van der Waals surface area contributed by atoms with E-state index in [-0.39, 0.29) is 6.04 Å². The van der Waals surface area contributed by atoms with Gasteiger partial charge in [-0.3, -0.25) is 4.68 Å². The number of ether oxygens (including phenoxy) is 1. The Morgan fingerprint density at radius 1 is 1.26 bits per heavy atom. The molecule has 0 amide bonds. The number of aromatic nitrogens is 2. The molecule has 1 aromatic heterocycles. The first-order chi connectivity index (χ1) is 9.08. The smallest absolute Gasteiger partial charge is 0.122 e. The Morgan fingerprint density at radius 2 is 2.00 bits per heavy atom. The van der Waals surface area contributed by atoms with Gasteiger partial charge in [-0.1, -0.05) is 6.07 Å². The summed E-state index contributed by atoms with van der Waals surface area (Å²) in [5, 5.41) is 7.61. The fourth-order valence-corrected chi connectivity index (χ4v) is 2.47. The van der Waals surface area contributed by atoms with Crippen molar-refractivity contribution in [2.24, 2.45) is 7.05 Å².